The maximum Gasteiger partial charge on any atom is 0.251 e. The minimum absolute atomic E-state index is 0.142. The van der Waals surface area contributed by atoms with Gasteiger partial charge in [0, 0.05) is 12.6 Å². The highest BCUT2D eigenvalue weighted by Crippen LogP contribution is 2.38. The number of carbonyl (C=O) groups excluding carboxylic acids is 2. The van der Waals surface area contributed by atoms with Crippen LogP contribution in [0.15, 0.2) is 36.4 Å². The first-order chi connectivity index (χ1) is 14.4. The second-order valence-corrected chi connectivity index (χ2v) is 6.58. The van der Waals surface area contributed by atoms with Gasteiger partial charge in [0.25, 0.3) is 5.91 Å². The number of hydrogen-bond acceptors (Lipinski definition) is 6. The fourth-order valence-electron chi connectivity index (χ4n) is 2.74. The van der Waals surface area contributed by atoms with Gasteiger partial charge in [-0.25, -0.2) is 0 Å². The predicted molar refractivity (Wildman–Crippen MR) is 113 cm³/mol. The average molecular weight is 416 g/mol. The van der Waals surface area contributed by atoms with E-state index in [9.17, 15) is 9.59 Å². The fraction of sp³-hybridized carbons (Fsp3) is 0.364. The second kappa shape index (κ2) is 10.9. The summed E-state index contributed by atoms with van der Waals surface area (Å²) in [7, 11) is 6.08. The van der Waals surface area contributed by atoms with Crippen LogP contribution in [0, 0.1) is 6.92 Å². The standard InChI is InChI=1S/C22H28N2O6/c1-15-7-6-8-17(11-15)30-10-9-24(2)20(25)14-23-22(26)16-12-18(27-3)21(29-5)19(13-16)28-4/h6-8,11-13H,9-10,14H2,1-5H3,(H,23,26). The zero-order valence-corrected chi connectivity index (χ0v) is 18.0. The van der Waals surface area contributed by atoms with E-state index in [1.807, 2.05) is 31.2 Å². The summed E-state index contributed by atoms with van der Waals surface area (Å²) in [5, 5.41) is 2.61. The molecule has 0 heterocycles. The SMILES string of the molecule is COc1cc(C(=O)NCC(=O)N(C)CCOc2cccc(C)c2)cc(OC)c1OC. The molecule has 0 radical (unpaired) electrons. The molecule has 2 rings (SSSR count). The van der Waals surface area contributed by atoms with Gasteiger partial charge >= 0.3 is 0 Å². The third-order valence-corrected chi connectivity index (χ3v) is 4.44. The molecule has 1 N–H and O–H groups in total. The molecule has 0 aliphatic rings. The Balaban J connectivity index is 1.88. The van der Waals surface area contributed by atoms with Crippen LogP contribution in [0.2, 0.25) is 0 Å². The molecule has 0 unspecified atom stereocenters. The molecule has 0 fully saturated rings. The van der Waals surface area contributed by atoms with Gasteiger partial charge in [-0.1, -0.05) is 12.1 Å². The molecule has 0 aliphatic heterocycles. The number of benzene rings is 2. The lowest BCUT2D eigenvalue weighted by molar-refractivity contribution is -0.129. The van der Waals surface area contributed by atoms with Crippen molar-refractivity contribution in [3.05, 3.63) is 47.5 Å². The smallest absolute Gasteiger partial charge is 0.251 e. The van der Waals surface area contributed by atoms with Crippen LogP contribution in [0.1, 0.15) is 15.9 Å². The van der Waals surface area contributed by atoms with Gasteiger partial charge in [0.2, 0.25) is 11.7 Å². The Morgan fingerprint density at radius 2 is 1.67 bits per heavy atom. The Labute approximate surface area is 176 Å². The van der Waals surface area contributed by atoms with Gasteiger partial charge in [0.1, 0.15) is 12.4 Å². The lowest BCUT2D eigenvalue weighted by Gasteiger charge is -2.18. The molecule has 0 spiro atoms. The van der Waals surface area contributed by atoms with Crippen molar-refractivity contribution < 1.29 is 28.5 Å². The van der Waals surface area contributed by atoms with Crippen molar-refractivity contribution in [3.63, 3.8) is 0 Å². The zero-order valence-electron chi connectivity index (χ0n) is 18.0. The normalized spacial score (nSPS) is 10.2. The highest BCUT2D eigenvalue weighted by molar-refractivity contribution is 5.97. The maximum atomic E-state index is 12.5. The first kappa shape index (κ1) is 22.9. The number of carbonyl (C=O) groups is 2. The minimum Gasteiger partial charge on any atom is -0.493 e. The van der Waals surface area contributed by atoms with E-state index < -0.39 is 5.91 Å². The molecule has 8 nitrogen and oxygen atoms in total. The number of ether oxygens (including phenoxy) is 4. The number of rotatable bonds is 10. The van der Waals surface area contributed by atoms with E-state index in [4.69, 9.17) is 18.9 Å². The van der Waals surface area contributed by atoms with Crippen molar-refractivity contribution in [3.8, 4) is 23.0 Å². The summed E-state index contributed by atoms with van der Waals surface area (Å²) in [6, 6.07) is 10.8. The van der Waals surface area contributed by atoms with Crippen LogP contribution in [-0.4, -0.2) is 64.8 Å². The predicted octanol–water partition coefficient (Wildman–Crippen LogP) is 2.29. The van der Waals surface area contributed by atoms with Gasteiger partial charge in [-0.05, 0) is 36.8 Å². The van der Waals surface area contributed by atoms with Gasteiger partial charge < -0.3 is 29.2 Å². The van der Waals surface area contributed by atoms with Crippen molar-refractivity contribution in [2.45, 2.75) is 6.92 Å². The third kappa shape index (κ3) is 6.04. The lowest BCUT2D eigenvalue weighted by atomic mass is 10.1. The van der Waals surface area contributed by atoms with E-state index in [0.717, 1.165) is 11.3 Å². The van der Waals surface area contributed by atoms with E-state index >= 15 is 0 Å². The second-order valence-electron chi connectivity index (χ2n) is 6.58. The highest BCUT2D eigenvalue weighted by Gasteiger charge is 2.18. The Hall–Kier alpha value is -3.42. The summed E-state index contributed by atoms with van der Waals surface area (Å²) in [4.78, 5) is 26.3. The molecule has 0 saturated heterocycles. The minimum atomic E-state index is -0.424. The molecular weight excluding hydrogens is 388 g/mol. The quantitative estimate of drug-likeness (QED) is 0.640. The number of hydrogen-bond donors (Lipinski definition) is 1. The average Bonchev–Trinajstić information content (AvgIpc) is 2.75. The molecule has 8 heteroatoms. The molecular formula is C22H28N2O6. The topological polar surface area (TPSA) is 86.3 Å². The van der Waals surface area contributed by atoms with E-state index in [2.05, 4.69) is 5.32 Å². The van der Waals surface area contributed by atoms with Crippen LogP contribution in [0.5, 0.6) is 23.0 Å². The summed E-state index contributed by atoms with van der Waals surface area (Å²) in [6.45, 7) is 2.59. The largest absolute Gasteiger partial charge is 0.493 e. The molecule has 0 saturated carbocycles. The number of amides is 2. The van der Waals surface area contributed by atoms with E-state index in [-0.39, 0.29) is 12.5 Å². The van der Waals surface area contributed by atoms with Gasteiger partial charge in [-0.15, -0.1) is 0 Å². The van der Waals surface area contributed by atoms with Crippen LogP contribution < -0.4 is 24.3 Å². The van der Waals surface area contributed by atoms with E-state index in [1.165, 1.54) is 38.4 Å². The summed E-state index contributed by atoms with van der Waals surface area (Å²) in [5.74, 6) is 1.21. The number of nitrogens with zero attached hydrogens (tertiary/aromatic N) is 1. The molecule has 0 aliphatic carbocycles. The lowest BCUT2D eigenvalue weighted by Crippen LogP contribution is -2.39. The maximum absolute atomic E-state index is 12.5. The number of methoxy groups -OCH3 is 3. The number of likely N-dealkylation sites (N-methyl/N-ethyl adjacent to an activating group) is 1. The van der Waals surface area contributed by atoms with Crippen molar-refractivity contribution >= 4 is 11.8 Å². The Morgan fingerprint density at radius 3 is 2.23 bits per heavy atom. The van der Waals surface area contributed by atoms with Crippen molar-refractivity contribution in [2.75, 3.05) is 48.1 Å². The molecule has 2 aromatic rings. The molecule has 30 heavy (non-hydrogen) atoms. The van der Waals surface area contributed by atoms with Crippen LogP contribution >= 0.6 is 0 Å². The monoisotopic (exact) mass is 416 g/mol. The van der Waals surface area contributed by atoms with Crippen LogP contribution in [0.3, 0.4) is 0 Å². The van der Waals surface area contributed by atoms with Gasteiger partial charge in [0.15, 0.2) is 11.5 Å². The molecule has 0 bridgehead atoms. The Kier molecular flexibility index (Phi) is 8.34. The van der Waals surface area contributed by atoms with E-state index in [0.29, 0.717) is 36.0 Å². The summed E-state index contributed by atoms with van der Waals surface area (Å²) >= 11 is 0. The number of aryl methyl sites for hydroxylation is 1. The van der Waals surface area contributed by atoms with Crippen LogP contribution in [-0.2, 0) is 4.79 Å². The molecule has 0 aromatic heterocycles. The van der Waals surface area contributed by atoms with Crippen LogP contribution in [0.4, 0.5) is 0 Å². The van der Waals surface area contributed by atoms with E-state index in [1.54, 1.807) is 7.05 Å². The van der Waals surface area contributed by atoms with Gasteiger partial charge in [-0.3, -0.25) is 9.59 Å². The van der Waals surface area contributed by atoms with Crippen molar-refractivity contribution in [1.29, 1.82) is 0 Å². The van der Waals surface area contributed by atoms with Crippen molar-refractivity contribution in [2.24, 2.45) is 0 Å². The molecule has 0 atom stereocenters. The first-order valence-corrected chi connectivity index (χ1v) is 9.41. The summed E-state index contributed by atoms with van der Waals surface area (Å²) < 4.78 is 21.4. The van der Waals surface area contributed by atoms with Gasteiger partial charge in [0.05, 0.1) is 34.4 Å². The highest BCUT2D eigenvalue weighted by atomic mass is 16.5. The zero-order chi connectivity index (χ0) is 22.1. The molecule has 2 aromatic carbocycles. The number of nitrogens with one attached hydrogen (secondary N) is 1. The van der Waals surface area contributed by atoms with Gasteiger partial charge in [-0.2, -0.15) is 0 Å². The first-order valence-electron chi connectivity index (χ1n) is 9.41. The Bertz CT molecular complexity index is 859. The Morgan fingerprint density at radius 1 is 1.00 bits per heavy atom. The van der Waals surface area contributed by atoms with Crippen LogP contribution in [0.25, 0.3) is 0 Å². The summed E-state index contributed by atoms with van der Waals surface area (Å²) in [6.07, 6.45) is 0. The fourth-order valence-corrected chi connectivity index (χ4v) is 2.74. The van der Waals surface area contributed by atoms with Crippen molar-refractivity contribution in [1.82, 2.24) is 10.2 Å². The third-order valence-electron chi connectivity index (χ3n) is 4.44. The molecule has 162 valence electrons. The molecule has 2 amide bonds. The summed E-state index contributed by atoms with van der Waals surface area (Å²) in [5.41, 5.74) is 1.40.